The lowest BCUT2D eigenvalue weighted by molar-refractivity contribution is -0.138. The van der Waals surface area contributed by atoms with Crippen molar-refractivity contribution in [2.75, 3.05) is 12.9 Å². The van der Waals surface area contributed by atoms with Gasteiger partial charge in [0.25, 0.3) is 5.56 Å². The summed E-state index contributed by atoms with van der Waals surface area (Å²) in [4.78, 5) is 34.2. The molecular formula is C34H27BrN2O4S2. The molecule has 1 atom stereocenters. The number of esters is 1. The molecule has 216 valence electrons. The van der Waals surface area contributed by atoms with Gasteiger partial charge in [-0.2, -0.15) is 0 Å². The SMILES string of the molecule is CCOC(=O)C1=C(c2ccccc2)N=c2s/c(=C\c3ccc(-c4ccc(C)cc4Br)o3)c(=O)n2C1c1ccc(SC)cc1. The average Bonchev–Trinajstić information content (AvgIpc) is 3.60. The van der Waals surface area contributed by atoms with Crippen LogP contribution in [0, 0.1) is 6.92 Å². The van der Waals surface area contributed by atoms with Crippen molar-refractivity contribution in [3.63, 3.8) is 0 Å². The Bertz CT molecular complexity index is 2040. The van der Waals surface area contributed by atoms with Gasteiger partial charge in [-0.3, -0.25) is 9.36 Å². The predicted octanol–water partition coefficient (Wildman–Crippen LogP) is 6.99. The van der Waals surface area contributed by atoms with Gasteiger partial charge >= 0.3 is 5.97 Å². The number of fused-ring (bicyclic) bond motifs is 1. The number of halogens is 1. The summed E-state index contributed by atoms with van der Waals surface area (Å²) in [5.74, 6) is 0.729. The number of aryl methyl sites for hydroxylation is 1. The molecule has 0 saturated heterocycles. The highest BCUT2D eigenvalue weighted by atomic mass is 79.9. The molecule has 3 aromatic carbocycles. The molecule has 0 amide bonds. The minimum Gasteiger partial charge on any atom is -0.463 e. The maximum atomic E-state index is 14.1. The first-order chi connectivity index (χ1) is 20.9. The molecule has 0 saturated carbocycles. The maximum Gasteiger partial charge on any atom is 0.338 e. The smallest absolute Gasteiger partial charge is 0.338 e. The van der Waals surface area contributed by atoms with Crippen LogP contribution >= 0.6 is 39.0 Å². The van der Waals surface area contributed by atoms with Gasteiger partial charge in [0.2, 0.25) is 0 Å². The molecule has 2 aromatic heterocycles. The Labute approximate surface area is 265 Å². The fourth-order valence-corrected chi connectivity index (χ4v) is 7.14. The van der Waals surface area contributed by atoms with Gasteiger partial charge in [0.05, 0.1) is 28.5 Å². The van der Waals surface area contributed by atoms with E-state index in [-0.39, 0.29) is 12.2 Å². The highest BCUT2D eigenvalue weighted by molar-refractivity contribution is 9.10. The van der Waals surface area contributed by atoms with E-state index >= 15 is 0 Å². The molecule has 6 nitrogen and oxygen atoms in total. The predicted molar refractivity (Wildman–Crippen MR) is 176 cm³/mol. The minimum atomic E-state index is -0.723. The number of hydrogen-bond donors (Lipinski definition) is 0. The highest BCUT2D eigenvalue weighted by Crippen LogP contribution is 2.36. The summed E-state index contributed by atoms with van der Waals surface area (Å²) in [7, 11) is 0. The average molecular weight is 672 g/mol. The normalized spacial score (nSPS) is 14.9. The van der Waals surface area contributed by atoms with E-state index in [4.69, 9.17) is 14.1 Å². The monoisotopic (exact) mass is 670 g/mol. The van der Waals surface area contributed by atoms with Crippen molar-refractivity contribution in [3.8, 4) is 11.3 Å². The number of benzene rings is 3. The number of rotatable bonds is 7. The Balaban J connectivity index is 1.55. The van der Waals surface area contributed by atoms with Crippen molar-refractivity contribution in [1.29, 1.82) is 0 Å². The summed E-state index contributed by atoms with van der Waals surface area (Å²) < 4.78 is 14.7. The Kier molecular flexibility index (Phi) is 8.38. The van der Waals surface area contributed by atoms with Gasteiger partial charge < -0.3 is 9.15 Å². The second-order valence-electron chi connectivity index (χ2n) is 9.89. The van der Waals surface area contributed by atoms with Crippen LogP contribution in [0.3, 0.4) is 0 Å². The van der Waals surface area contributed by atoms with Crippen LogP contribution in [0.2, 0.25) is 0 Å². The summed E-state index contributed by atoms with van der Waals surface area (Å²) >= 11 is 6.52. The number of aromatic nitrogens is 1. The second kappa shape index (κ2) is 12.4. The van der Waals surface area contributed by atoms with E-state index in [1.54, 1.807) is 29.3 Å². The van der Waals surface area contributed by atoms with E-state index in [0.29, 0.717) is 32.1 Å². The first kappa shape index (κ1) is 29.2. The van der Waals surface area contributed by atoms with Crippen LogP contribution in [0.1, 0.15) is 35.4 Å². The Morgan fingerprint density at radius 1 is 1.09 bits per heavy atom. The third kappa shape index (κ3) is 5.72. The summed E-state index contributed by atoms with van der Waals surface area (Å²) in [6, 6.07) is 26.5. The number of nitrogens with zero attached hydrogens (tertiary/aromatic N) is 2. The van der Waals surface area contributed by atoms with Gasteiger partial charge in [-0.25, -0.2) is 9.79 Å². The molecular weight excluding hydrogens is 644 g/mol. The van der Waals surface area contributed by atoms with Gasteiger partial charge in [-0.1, -0.05) is 75.8 Å². The van der Waals surface area contributed by atoms with Crippen LogP contribution in [0.5, 0.6) is 0 Å². The quantitative estimate of drug-likeness (QED) is 0.138. The summed E-state index contributed by atoms with van der Waals surface area (Å²) in [6.45, 7) is 4.00. The molecule has 1 unspecified atom stereocenters. The Hall–Kier alpha value is -3.92. The molecule has 0 radical (unpaired) electrons. The molecule has 6 rings (SSSR count). The molecule has 43 heavy (non-hydrogen) atoms. The summed E-state index contributed by atoms with van der Waals surface area (Å²) in [5.41, 5.74) is 4.19. The Morgan fingerprint density at radius 2 is 1.86 bits per heavy atom. The van der Waals surface area contributed by atoms with Crippen LogP contribution in [0.25, 0.3) is 23.1 Å². The molecule has 5 aromatic rings. The largest absolute Gasteiger partial charge is 0.463 e. The van der Waals surface area contributed by atoms with E-state index in [2.05, 4.69) is 15.9 Å². The third-order valence-electron chi connectivity index (χ3n) is 7.10. The van der Waals surface area contributed by atoms with Crippen LogP contribution < -0.4 is 14.9 Å². The van der Waals surface area contributed by atoms with Crippen molar-refractivity contribution in [1.82, 2.24) is 4.57 Å². The van der Waals surface area contributed by atoms with Crippen molar-refractivity contribution in [2.45, 2.75) is 24.8 Å². The van der Waals surface area contributed by atoms with E-state index in [1.165, 1.54) is 11.3 Å². The van der Waals surface area contributed by atoms with Gasteiger partial charge in [-0.05, 0) is 67.6 Å². The van der Waals surface area contributed by atoms with E-state index in [9.17, 15) is 9.59 Å². The molecule has 0 spiro atoms. The van der Waals surface area contributed by atoms with E-state index in [1.807, 2.05) is 98.1 Å². The van der Waals surface area contributed by atoms with Crippen molar-refractivity contribution < 1.29 is 13.9 Å². The zero-order valence-corrected chi connectivity index (χ0v) is 26.9. The summed E-state index contributed by atoms with van der Waals surface area (Å²) in [5, 5.41) is 0. The van der Waals surface area contributed by atoms with E-state index in [0.717, 1.165) is 31.6 Å². The lowest BCUT2D eigenvalue weighted by atomic mass is 9.93. The lowest BCUT2D eigenvalue weighted by Crippen LogP contribution is -2.40. The molecule has 3 heterocycles. The molecule has 1 aliphatic heterocycles. The van der Waals surface area contributed by atoms with Crippen LogP contribution in [-0.4, -0.2) is 23.4 Å². The lowest BCUT2D eigenvalue weighted by Gasteiger charge is -2.26. The first-order valence-corrected chi connectivity index (χ1v) is 16.5. The fourth-order valence-electron chi connectivity index (χ4n) is 5.07. The first-order valence-electron chi connectivity index (χ1n) is 13.7. The number of thiazole rings is 1. The van der Waals surface area contributed by atoms with Crippen molar-refractivity contribution in [3.05, 3.63) is 137 Å². The van der Waals surface area contributed by atoms with Crippen LogP contribution in [-0.2, 0) is 9.53 Å². The fraction of sp³-hybridized carbons (Fsp3) is 0.147. The number of hydrogen-bond acceptors (Lipinski definition) is 7. The van der Waals surface area contributed by atoms with Gasteiger partial charge in [0.1, 0.15) is 11.5 Å². The van der Waals surface area contributed by atoms with Crippen molar-refractivity contribution in [2.24, 2.45) is 4.99 Å². The number of carbonyl (C=O) groups is 1. The van der Waals surface area contributed by atoms with Crippen LogP contribution in [0.4, 0.5) is 0 Å². The summed E-state index contributed by atoms with van der Waals surface area (Å²) in [6.07, 6.45) is 3.74. The Morgan fingerprint density at radius 3 is 2.56 bits per heavy atom. The topological polar surface area (TPSA) is 73.8 Å². The molecule has 0 aliphatic carbocycles. The molecule has 0 fully saturated rings. The highest BCUT2D eigenvalue weighted by Gasteiger charge is 2.35. The second-order valence-corrected chi connectivity index (χ2v) is 12.6. The van der Waals surface area contributed by atoms with Gasteiger partial charge in [0.15, 0.2) is 4.80 Å². The van der Waals surface area contributed by atoms with Crippen molar-refractivity contribution >= 4 is 56.8 Å². The zero-order valence-electron chi connectivity index (χ0n) is 23.7. The molecule has 1 aliphatic rings. The minimum absolute atomic E-state index is 0.199. The van der Waals surface area contributed by atoms with Gasteiger partial charge in [-0.15, -0.1) is 11.8 Å². The molecule has 0 N–H and O–H groups in total. The number of ether oxygens (including phenoxy) is 1. The van der Waals surface area contributed by atoms with E-state index < -0.39 is 12.0 Å². The standard InChI is InChI=1S/C34H27BrN2O4S2/c1-4-40-33(39)29-30(21-8-6-5-7-9-21)36-34-37(31(29)22-11-14-24(42-3)15-12-22)32(38)28(43-34)19-23-13-17-27(41-23)25-16-10-20(2)18-26(25)35/h5-19,31H,4H2,1-3H3/b28-19-. The molecule has 9 heteroatoms. The zero-order chi connectivity index (χ0) is 30.1. The number of carbonyl (C=O) groups excluding carboxylic acids is 1. The third-order valence-corrected chi connectivity index (χ3v) is 9.48. The number of thioether (sulfide) groups is 1. The number of furan rings is 1. The maximum absolute atomic E-state index is 14.1. The van der Waals surface area contributed by atoms with Crippen LogP contribution in [0.15, 0.2) is 114 Å². The van der Waals surface area contributed by atoms with Gasteiger partial charge in [0, 0.05) is 26.6 Å². The molecule has 0 bridgehead atoms.